The summed E-state index contributed by atoms with van der Waals surface area (Å²) in [5.41, 5.74) is 6.51. The van der Waals surface area contributed by atoms with Crippen LogP contribution in [0.3, 0.4) is 0 Å². The Balaban J connectivity index is 2.12. The summed E-state index contributed by atoms with van der Waals surface area (Å²) < 4.78 is 1.40. The van der Waals surface area contributed by atoms with Crippen LogP contribution in [0.4, 0.5) is 0 Å². The predicted octanol–water partition coefficient (Wildman–Crippen LogP) is 5.13. The zero-order valence-corrected chi connectivity index (χ0v) is 12.4. The fourth-order valence-corrected chi connectivity index (χ4v) is 4.77. The predicted molar refractivity (Wildman–Crippen MR) is 83.8 cm³/mol. The zero-order valence-electron chi connectivity index (χ0n) is 10.2. The Kier molecular flexibility index (Phi) is 2.35. The van der Waals surface area contributed by atoms with E-state index in [0.29, 0.717) is 5.41 Å². The van der Waals surface area contributed by atoms with Crippen molar-refractivity contribution in [1.29, 1.82) is 0 Å². The van der Waals surface area contributed by atoms with Crippen molar-refractivity contribution < 1.29 is 0 Å². The van der Waals surface area contributed by atoms with E-state index in [1.807, 2.05) is 0 Å². The summed E-state index contributed by atoms with van der Waals surface area (Å²) >= 11 is 2.49. The van der Waals surface area contributed by atoms with Crippen LogP contribution in [0.15, 0.2) is 42.5 Å². The number of halogens is 1. The van der Waals surface area contributed by atoms with E-state index in [-0.39, 0.29) is 0 Å². The summed E-state index contributed by atoms with van der Waals surface area (Å²) in [4.78, 5) is 0. The molecular formula is C17H15I. The minimum absolute atomic E-state index is 0.340. The summed E-state index contributed by atoms with van der Waals surface area (Å²) in [5.74, 6) is 0. The van der Waals surface area contributed by atoms with Crippen LogP contribution in [0.25, 0.3) is 11.1 Å². The Morgan fingerprint density at radius 2 is 1.56 bits per heavy atom. The summed E-state index contributed by atoms with van der Waals surface area (Å²) in [6.07, 6.45) is 5.41. The number of benzene rings is 2. The molecule has 4 rings (SSSR count). The second kappa shape index (κ2) is 3.83. The van der Waals surface area contributed by atoms with Crippen LogP contribution in [-0.4, -0.2) is 0 Å². The monoisotopic (exact) mass is 346 g/mol. The van der Waals surface area contributed by atoms with Gasteiger partial charge in [-0.15, -0.1) is 0 Å². The van der Waals surface area contributed by atoms with Gasteiger partial charge >= 0.3 is 0 Å². The van der Waals surface area contributed by atoms with Crippen LogP contribution in [0.2, 0.25) is 0 Å². The second-order valence-electron chi connectivity index (χ2n) is 5.50. The number of hydrogen-bond donors (Lipinski definition) is 0. The largest absolute Gasteiger partial charge is 0.0619 e. The van der Waals surface area contributed by atoms with Crippen molar-refractivity contribution in [3.8, 4) is 11.1 Å². The Bertz CT molecular complexity index is 621. The van der Waals surface area contributed by atoms with Gasteiger partial charge in [-0.2, -0.15) is 0 Å². The summed E-state index contributed by atoms with van der Waals surface area (Å²) in [6, 6.07) is 15.9. The van der Waals surface area contributed by atoms with Crippen LogP contribution in [-0.2, 0) is 5.41 Å². The maximum absolute atomic E-state index is 2.49. The maximum Gasteiger partial charge on any atom is 0.0215 e. The molecule has 1 fully saturated rings. The normalized spacial score (nSPS) is 18.9. The molecule has 0 bridgehead atoms. The van der Waals surface area contributed by atoms with Gasteiger partial charge in [-0.1, -0.05) is 49.2 Å². The minimum atomic E-state index is 0.340. The van der Waals surface area contributed by atoms with Gasteiger partial charge in [-0.25, -0.2) is 0 Å². The van der Waals surface area contributed by atoms with Gasteiger partial charge in [-0.05, 0) is 63.8 Å². The quantitative estimate of drug-likeness (QED) is 0.580. The highest BCUT2D eigenvalue weighted by Gasteiger charge is 2.45. The third-order valence-corrected chi connectivity index (χ3v) is 5.60. The molecule has 90 valence electrons. The molecule has 2 aromatic rings. The molecule has 0 aliphatic heterocycles. The summed E-state index contributed by atoms with van der Waals surface area (Å²) in [5, 5.41) is 0. The SMILES string of the molecule is Ic1cccc2c1-c1ccccc1C21CCCC1. The van der Waals surface area contributed by atoms with Crippen LogP contribution >= 0.6 is 22.6 Å². The van der Waals surface area contributed by atoms with Gasteiger partial charge < -0.3 is 0 Å². The first-order chi connectivity index (χ1) is 8.83. The molecule has 0 radical (unpaired) electrons. The van der Waals surface area contributed by atoms with E-state index >= 15 is 0 Å². The standard InChI is InChI=1S/C17H15I/c18-15-9-5-8-14-16(15)12-6-1-2-7-13(12)17(14)10-3-4-11-17/h1-2,5-9H,3-4,10-11H2. The van der Waals surface area contributed by atoms with E-state index in [2.05, 4.69) is 65.1 Å². The molecule has 0 heterocycles. The van der Waals surface area contributed by atoms with Crippen molar-refractivity contribution in [3.63, 3.8) is 0 Å². The number of hydrogen-bond acceptors (Lipinski definition) is 0. The first-order valence-corrected chi connectivity index (χ1v) is 7.80. The molecule has 2 aliphatic carbocycles. The van der Waals surface area contributed by atoms with E-state index in [4.69, 9.17) is 0 Å². The van der Waals surface area contributed by atoms with Gasteiger partial charge in [-0.3, -0.25) is 0 Å². The van der Waals surface area contributed by atoms with E-state index in [0.717, 1.165) is 0 Å². The minimum Gasteiger partial charge on any atom is -0.0619 e. The molecule has 0 atom stereocenters. The molecule has 1 heteroatoms. The molecule has 18 heavy (non-hydrogen) atoms. The molecule has 1 spiro atoms. The Morgan fingerprint density at radius 3 is 2.39 bits per heavy atom. The van der Waals surface area contributed by atoms with E-state index in [1.165, 1.54) is 40.4 Å². The van der Waals surface area contributed by atoms with E-state index in [9.17, 15) is 0 Å². The number of rotatable bonds is 0. The van der Waals surface area contributed by atoms with Crippen LogP contribution in [0.1, 0.15) is 36.8 Å². The Labute approximate surface area is 122 Å². The molecule has 2 aromatic carbocycles. The highest BCUT2D eigenvalue weighted by molar-refractivity contribution is 14.1. The highest BCUT2D eigenvalue weighted by Crippen LogP contribution is 2.57. The molecule has 0 N–H and O–H groups in total. The average Bonchev–Trinajstić information content (AvgIpc) is 2.98. The molecule has 0 amide bonds. The first-order valence-electron chi connectivity index (χ1n) is 6.72. The third kappa shape index (κ3) is 1.26. The summed E-state index contributed by atoms with van der Waals surface area (Å²) in [6.45, 7) is 0. The van der Waals surface area contributed by atoms with E-state index in [1.54, 1.807) is 11.1 Å². The van der Waals surface area contributed by atoms with Crippen molar-refractivity contribution in [2.45, 2.75) is 31.1 Å². The van der Waals surface area contributed by atoms with Gasteiger partial charge in [0.15, 0.2) is 0 Å². The molecule has 2 aliphatic rings. The van der Waals surface area contributed by atoms with E-state index < -0.39 is 0 Å². The second-order valence-corrected chi connectivity index (χ2v) is 6.66. The van der Waals surface area contributed by atoms with Gasteiger partial charge in [0.25, 0.3) is 0 Å². The lowest BCUT2D eigenvalue weighted by molar-refractivity contribution is 0.550. The summed E-state index contributed by atoms with van der Waals surface area (Å²) in [7, 11) is 0. The van der Waals surface area contributed by atoms with Gasteiger partial charge in [0.05, 0.1) is 0 Å². The van der Waals surface area contributed by atoms with Crippen LogP contribution in [0, 0.1) is 3.57 Å². The molecule has 0 aromatic heterocycles. The smallest absolute Gasteiger partial charge is 0.0215 e. The van der Waals surface area contributed by atoms with Crippen molar-refractivity contribution in [1.82, 2.24) is 0 Å². The Morgan fingerprint density at radius 1 is 0.833 bits per heavy atom. The lowest BCUT2D eigenvalue weighted by Crippen LogP contribution is -2.20. The topological polar surface area (TPSA) is 0 Å². The average molecular weight is 346 g/mol. The first kappa shape index (κ1) is 11.0. The molecule has 0 nitrogen and oxygen atoms in total. The molecule has 0 saturated heterocycles. The van der Waals surface area contributed by atoms with Crippen LogP contribution in [0.5, 0.6) is 0 Å². The lowest BCUT2D eigenvalue weighted by atomic mass is 9.77. The van der Waals surface area contributed by atoms with Gasteiger partial charge in [0.2, 0.25) is 0 Å². The van der Waals surface area contributed by atoms with Crippen molar-refractivity contribution in [2.24, 2.45) is 0 Å². The fourth-order valence-electron chi connectivity index (χ4n) is 3.98. The van der Waals surface area contributed by atoms with Crippen molar-refractivity contribution in [2.75, 3.05) is 0 Å². The zero-order chi connectivity index (χ0) is 12.2. The maximum atomic E-state index is 2.49. The number of fused-ring (bicyclic) bond motifs is 5. The highest BCUT2D eigenvalue weighted by atomic mass is 127. The molecular weight excluding hydrogens is 331 g/mol. The van der Waals surface area contributed by atoms with Crippen molar-refractivity contribution >= 4 is 22.6 Å². The molecule has 0 unspecified atom stereocenters. The third-order valence-electron chi connectivity index (χ3n) is 4.70. The fraction of sp³-hybridized carbons (Fsp3) is 0.294. The molecule has 1 saturated carbocycles. The lowest BCUT2D eigenvalue weighted by Gasteiger charge is -2.26. The van der Waals surface area contributed by atoms with Crippen molar-refractivity contribution in [3.05, 3.63) is 57.2 Å². The van der Waals surface area contributed by atoms with Crippen LogP contribution < -0.4 is 0 Å². The Hall–Kier alpha value is -0.830. The van der Waals surface area contributed by atoms with Gasteiger partial charge in [0.1, 0.15) is 0 Å². The van der Waals surface area contributed by atoms with Gasteiger partial charge in [0, 0.05) is 8.99 Å².